The van der Waals surface area contributed by atoms with E-state index in [9.17, 15) is 0 Å². The van der Waals surface area contributed by atoms with Crippen molar-refractivity contribution in [2.75, 3.05) is 18.5 Å². The van der Waals surface area contributed by atoms with Crippen LogP contribution in [0.1, 0.15) is 31.4 Å². The molecule has 0 bridgehead atoms. The first kappa shape index (κ1) is 11.6. The average Bonchev–Trinajstić information content (AvgIpc) is 2.68. The fourth-order valence-electron chi connectivity index (χ4n) is 2.39. The number of aromatic nitrogens is 2. The average molecular weight is 240 g/mol. The highest BCUT2D eigenvalue weighted by molar-refractivity contribution is 6.28. The number of halogens is 1. The van der Waals surface area contributed by atoms with Crippen molar-refractivity contribution in [2.45, 2.75) is 32.6 Å². The Balaban J connectivity index is 2.04. The van der Waals surface area contributed by atoms with Crippen molar-refractivity contribution < 1.29 is 0 Å². The van der Waals surface area contributed by atoms with Crippen LogP contribution in [-0.2, 0) is 0 Å². The van der Waals surface area contributed by atoms with Crippen molar-refractivity contribution in [1.82, 2.24) is 9.97 Å². The highest BCUT2D eigenvalue weighted by Gasteiger charge is 2.17. The quantitative estimate of drug-likeness (QED) is 0.760. The molecule has 0 aliphatic heterocycles. The van der Waals surface area contributed by atoms with E-state index in [2.05, 4.69) is 21.9 Å². The largest absolute Gasteiger partial charge is 0.359 e. The van der Waals surface area contributed by atoms with E-state index in [0.717, 1.165) is 24.0 Å². The van der Waals surface area contributed by atoms with E-state index in [0.29, 0.717) is 5.28 Å². The van der Waals surface area contributed by atoms with Gasteiger partial charge in [0.05, 0.1) is 0 Å². The first-order chi connectivity index (χ1) is 7.65. The second kappa shape index (κ2) is 5.00. The fraction of sp³-hybridized carbons (Fsp3) is 0.667. The molecule has 3 nitrogen and oxygen atoms in total. The zero-order chi connectivity index (χ0) is 11.5. The van der Waals surface area contributed by atoms with Crippen molar-refractivity contribution in [3.05, 3.63) is 17.0 Å². The first-order valence-electron chi connectivity index (χ1n) is 5.87. The molecule has 88 valence electrons. The van der Waals surface area contributed by atoms with E-state index < -0.39 is 0 Å². The van der Waals surface area contributed by atoms with E-state index in [1.54, 1.807) is 0 Å². The van der Waals surface area contributed by atoms with Crippen LogP contribution in [0.3, 0.4) is 0 Å². The predicted octanol–water partition coefficient (Wildman–Crippen LogP) is 3.06. The maximum atomic E-state index is 5.86. The van der Waals surface area contributed by atoms with Crippen LogP contribution in [0, 0.1) is 12.8 Å². The fourth-order valence-corrected chi connectivity index (χ4v) is 2.61. The zero-order valence-electron chi connectivity index (χ0n) is 9.91. The maximum absolute atomic E-state index is 5.86. The van der Waals surface area contributed by atoms with Crippen LogP contribution in [0.5, 0.6) is 0 Å². The summed E-state index contributed by atoms with van der Waals surface area (Å²) in [7, 11) is 2.08. The summed E-state index contributed by atoms with van der Waals surface area (Å²) in [5.41, 5.74) is 0.924. The normalized spacial score (nSPS) is 16.7. The Morgan fingerprint density at radius 2 is 2.06 bits per heavy atom. The van der Waals surface area contributed by atoms with E-state index in [1.807, 2.05) is 13.0 Å². The number of nitrogens with zero attached hydrogens (tertiary/aromatic N) is 3. The third kappa shape index (κ3) is 2.85. The summed E-state index contributed by atoms with van der Waals surface area (Å²) < 4.78 is 0. The van der Waals surface area contributed by atoms with Crippen LogP contribution in [-0.4, -0.2) is 23.6 Å². The van der Waals surface area contributed by atoms with Crippen molar-refractivity contribution in [3.8, 4) is 0 Å². The van der Waals surface area contributed by atoms with Gasteiger partial charge in [0, 0.05) is 25.4 Å². The lowest BCUT2D eigenvalue weighted by molar-refractivity contribution is 0.545. The van der Waals surface area contributed by atoms with Gasteiger partial charge in [-0.2, -0.15) is 0 Å². The molecule has 0 radical (unpaired) electrons. The van der Waals surface area contributed by atoms with E-state index in [-0.39, 0.29) is 0 Å². The van der Waals surface area contributed by atoms with Gasteiger partial charge in [0.1, 0.15) is 5.82 Å². The molecular weight excluding hydrogens is 222 g/mol. The Morgan fingerprint density at radius 3 is 2.69 bits per heavy atom. The number of aryl methyl sites for hydroxylation is 1. The SMILES string of the molecule is Cc1cc(N(C)CC2CCCC2)nc(Cl)n1. The third-order valence-corrected chi connectivity index (χ3v) is 3.38. The molecular formula is C12H18ClN3. The van der Waals surface area contributed by atoms with Crippen LogP contribution in [0.15, 0.2) is 6.07 Å². The topological polar surface area (TPSA) is 29.0 Å². The Labute approximate surface area is 102 Å². The minimum absolute atomic E-state index is 0.341. The third-order valence-electron chi connectivity index (χ3n) is 3.21. The summed E-state index contributed by atoms with van der Waals surface area (Å²) in [6, 6.07) is 1.99. The highest BCUT2D eigenvalue weighted by Crippen LogP contribution is 2.26. The van der Waals surface area contributed by atoms with Crippen molar-refractivity contribution in [1.29, 1.82) is 0 Å². The molecule has 0 spiro atoms. The molecule has 0 atom stereocenters. The molecule has 2 rings (SSSR count). The molecule has 1 aliphatic carbocycles. The summed E-state index contributed by atoms with van der Waals surface area (Å²) in [5, 5.41) is 0.341. The van der Waals surface area contributed by atoms with Crippen LogP contribution < -0.4 is 4.90 Å². The summed E-state index contributed by atoms with van der Waals surface area (Å²) in [6.45, 7) is 3.02. The van der Waals surface area contributed by atoms with Gasteiger partial charge in [0.25, 0.3) is 0 Å². The van der Waals surface area contributed by atoms with Crippen molar-refractivity contribution >= 4 is 17.4 Å². The van der Waals surface area contributed by atoms with Gasteiger partial charge >= 0.3 is 0 Å². The second-order valence-electron chi connectivity index (χ2n) is 4.67. The smallest absolute Gasteiger partial charge is 0.224 e. The lowest BCUT2D eigenvalue weighted by atomic mass is 10.1. The minimum atomic E-state index is 0.341. The number of hydrogen-bond donors (Lipinski definition) is 0. The molecule has 0 aromatic carbocycles. The number of anilines is 1. The molecule has 0 amide bonds. The molecule has 0 saturated heterocycles. The summed E-state index contributed by atoms with van der Waals surface area (Å²) in [6.07, 6.45) is 5.45. The predicted molar refractivity (Wildman–Crippen MR) is 67.0 cm³/mol. The Hall–Kier alpha value is -0.830. The molecule has 1 heterocycles. The lowest BCUT2D eigenvalue weighted by Gasteiger charge is -2.22. The standard InChI is InChI=1S/C12H18ClN3/c1-9-7-11(15-12(13)14-9)16(2)8-10-5-3-4-6-10/h7,10H,3-6,8H2,1-2H3. The first-order valence-corrected chi connectivity index (χ1v) is 6.25. The zero-order valence-corrected chi connectivity index (χ0v) is 10.7. The Morgan fingerprint density at radius 1 is 1.38 bits per heavy atom. The summed E-state index contributed by atoms with van der Waals surface area (Å²) in [5.74, 6) is 1.75. The molecule has 1 fully saturated rings. The van der Waals surface area contributed by atoms with Crippen molar-refractivity contribution in [2.24, 2.45) is 5.92 Å². The van der Waals surface area contributed by atoms with Crippen LogP contribution in [0.2, 0.25) is 5.28 Å². The lowest BCUT2D eigenvalue weighted by Crippen LogP contribution is -2.25. The Bertz CT molecular complexity index is 341. The van der Waals surface area contributed by atoms with Crippen LogP contribution in [0.25, 0.3) is 0 Å². The molecule has 0 unspecified atom stereocenters. The van der Waals surface area contributed by atoms with E-state index in [4.69, 9.17) is 11.6 Å². The van der Waals surface area contributed by atoms with Gasteiger partial charge in [-0.3, -0.25) is 0 Å². The van der Waals surface area contributed by atoms with Gasteiger partial charge in [-0.1, -0.05) is 12.8 Å². The summed E-state index contributed by atoms with van der Waals surface area (Å²) >= 11 is 5.86. The van der Waals surface area contributed by atoms with Gasteiger partial charge in [-0.15, -0.1) is 0 Å². The molecule has 1 aromatic heterocycles. The van der Waals surface area contributed by atoms with Crippen LogP contribution in [0.4, 0.5) is 5.82 Å². The van der Waals surface area contributed by atoms with Gasteiger partial charge in [-0.25, -0.2) is 9.97 Å². The second-order valence-corrected chi connectivity index (χ2v) is 5.01. The monoisotopic (exact) mass is 239 g/mol. The Kier molecular flexibility index (Phi) is 3.64. The number of rotatable bonds is 3. The molecule has 0 N–H and O–H groups in total. The highest BCUT2D eigenvalue weighted by atomic mass is 35.5. The van der Waals surface area contributed by atoms with Gasteiger partial charge in [-0.05, 0) is 37.3 Å². The summed E-state index contributed by atoms with van der Waals surface area (Å²) in [4.78, 5) is 10.5. The van der Waals surface area contributed by atoms with Crippen LogP contribution >= 0.6 is 11.6 Å². The molecule has 4 heteroatoms. The molecule has 1 saturated carbocycles. The minimum Gasteiger partial charge on any atom is -0.359 e. The van der Waals surface area contributed by atoms with E-state index in [1.165, 1.54) is 25.7 Å². The molecule has 16 heavy (non-hydrogen) atoms. The maximum Gasteiger partial charge on any atom is 0.224 e. The molecule has 1 aromatic rings. The van der Waals surface area contributed by atoms with Gasteiger partial charge < -0.3 is 4.90 Å². The van der Waals surface area contributed by atoms with Crippen molar-refractivity contribution in [3.63, 3.8) is 0 Å². The van der Waals surface area contributed by atoms with Gasteiger partial charge in [0.2, 0.25) is 5.28 Å². The van der Waals surface area contributed by atoms with E-state index >= 15 is 0 Å². The number of hydrogen-bond acceptors (Lipinski definition) is 3. The van der Waals surface area contributed by atoms with Gasteiger partial charge in [0.15, 0.2) is 0 Å². The molecule has 1 aliphatic rings.